The van der Waals surface area contributed by atoms with Crippen molar-refractivity contribution < 1.29 is 14.3 Å². The Morgan fingerprint density at radius 2 is 1.97 bits per heavy atom. The molecule has 4 heterocycles. The number of likely N-dealkylation sites (tertiary alicyclic amines) is 2. The van der Waals surface area contributed by atoms with E-state index in [4.69, 9.17) is 4.74 Å². The predicted octanol–water partition coefficient (Wildman–Crippen LogP) is 0.693. The quantitative estimate of drug-likeness (QED) is 0.724. The molecule has 0 aliphatic carbocycles. The molecule has 0 spiro atoms. The second-order valence-electron chi connectivity index (χ2n) is 8.53. The largest absolute Gasteiger partial charge is 0.444 e. The number of nitrogens with one attached hydrogen (secondary N) is 2. The van der Waals surface area contributed by atoms with Crippen molar-refractivity contribution in [2.45, 2.75) is 38.8 Å². The van der Waals surface area contributed by atoms with Gasteiger partial charge in [-0.25, -0.2) is 14.6 Å². The lowest BCUT2D eigenvalue weighted by Crippen LogP contribution is -2.42. The van der Waals surface area contributed by atoms with Crippen LogP contribution < -0.4 is 11.2 Å². The Kier molecular flexibility index (Phi) is 4.44. The Labute approximate surface area is 165 Å². The van der Waals surface area contributed by atoms with Gasteiger partial charge < -0.3 is 14.5 Å². The van der Waals surface area contributed by atoms with Crippen LogP contribution in [0.2, 0.25) is 0 Å². The smallest absolute Gasteiger partial charge is 0.410 e. The van der Waals surface area contributed by atoms with E-state index in [1.165, 1.54) is 12.3 Å². The van der Waals surface area contributed by atoms with Crippen molar-refractivity contribution in [2.75, 3.05) is 19.6 Å². The molecule has 2 fully saturated rings. The molecule has 2 aliphatic rings. The number of carbonyl (C=O) groups is 2. The van der Waals surface area contributed by atoms with Gasteiger partial charge in [-0.05, 0) is 33.3 Å². The summed E-state index contributed by atoms with van der Waals surface area (Å²) in [5.74, 6) is -0.0526. The van der Waals surface area contributed by atoms with Crippen molar-refractivity contribution in [3.8, 4) is 0 Å². The number of nitrogens with zero attached hydrogens (tertiary/aromatic N) is 3. The van der Waals surface area contributed by atoms with E-state index in [0.717, 1.165) is 6.42 Å². The standard InChI is InChI=1S/C19H23N5O5/c1-19(2,3)29-18(28)23-8-10-4-5-24(13(10)9-23)16(26)11-6-12-14(20-7-11)21-17(27)22-15(12)25/h6-7,10,13H,4-5,8-9H2,1-3H3,(H2,20,21,22,25,27)/t10-,13+/m0/s1. The van der Waals surface area contributed by atoms with Gasteiger partial charge in [-0.2, -0.15) is 0 Å². The fourth-order valence-electron chi connectivity index (χ4n) is 4.02. The lowest BCUT2D eigenvalue weighted by atomic mass is 10.0. The fraction of sp³-hybridized carbons (Fsp3) is 0.526. The molecular weight excluding hydrogens is 378 g/mol. The molecule has 2 aromatic rings. The maximum Gasteiger partial charge on any atom is 0.410 e. The summed E-state index contributed by atoms with van der Waals surface area (Å²) >= 11 is 0. The van der Waals surface area contributed by atoms with Crippen molar-refractivity contribution in [1.29, 1.82) is 0 Å². The topological polar surface area (TPSA) is 128 Å². The minimum atomic E-state index is -0.648. The number of fused-ring (bicyclic) bond motifs is 2. The second-order valence-corrected chi connectivity index (χ2v) is 8.53. The van der Waals surface area contributed by atoms with Gasteiger partial charge in [-0.15, -0.1) is 0 Å². The molecule has 2 saturated heterocycles. The molecule has 0 unspecified atom stereocenters. The molecule has 10 nitrogen and oxygen atoms in total. The predicted molar refractivity (Wildman–Crippen MR) is 104 cm³/mol. The summed E-state index contributed by atoms with van der Waals surface area (Å²) in [4.78, 5) is 60.8. The van der Waals surface area contributed by atoms with Gasteiger partial charge >= 0.3 is 11.8 Å². The molecule has 2 N–H and O–H groups in total. The SMILES string of the molecule is CC(C)(C)OC(=O)N1C[C@@H]2CCN(C(=O)c3cnc4[nH]c(=O)[nH]c(=O)c4c3)[C@@H]2C1. The van der Waals surface area contributed by atoms with Crippen LogP contribution in [0.4, 0.5) is 4.79 Å². The molecule has 0 aromatic carbocycles. The van der Waals surface area contributed by atoms with E-state index in [1.807, 2.05) is 20.8 Å². The Morgan fingerprint density at radius 1 is 1.21 bits per heavy atom. The zero-order valence-electron chi connectivity index (χ0n) is 16.5. The normalized spacial score (nSPS) is 21.5. The zero-order chi connectivity index (χ0) is 20.9. The van der Waals surface area contributed by atoms with Gasteiger partial charge in [-0.1, -0.05) is 0 Å². The van der Waals surface area contributed by atoms with Crippen LogP contribution in [0.3, 0.4) is 0 Å². The summed E-state index contributed by atoms with van der Waals surface area (Å²) < 4.78 is 5.44. The summed E-state index contributed by atoms with van der Waals surface area (Å²) in [6, 6.07) is 1.34. The number of pyridine rings is 1. The first-order valence-corrected chi connectivity index (χ1v) is 9.53. The average Bonchev–Trinajstić information content (AvgIpc) is 3.20. The van der Waals surface area contributed by atoms with Crippen molar-refractivity contribution in [3.63, 3.8) is 0 Å². The maximum atomic E-state index is 13.1. The van der Waals surface area contributed by atoms with E-state index < -0.39 is 16.9 Å². The van der Waals surface area contributed by atoms with Crippen molar-refractivity contribution in [2.24, 2.45) is 5.92 Å². The molecule has 2 aliphatic heterocycles. The third-order valence-corrected chi connectivity index (χ3v) is 5.30. The number of amides is 2. The van der Waals surface area contributed by atoms with Crippen LogP contribution >= 0.6 is 0 Å². The van der Waals surface area contributed by atoms with E-state index >= 15 is 0 Å². The highest BCUT2D eigenvalue weighted by Gasteiger charge is 2.45. The zero-order valence-corrected chi connectivity index (χ0v) is 16.5. The number of aromatic nitrogens is 3. The highest BCUT2D eigenvalue weighted by atomic mass is 16.6. The third kappa shape index (κ3) is 3.62. The molecule has 0 saturated carbocycles. The Hall–Kier alpha value is -3.17. The van der Waals surface area contributed by atoms with Gasteiger partial charge in [0.25, 0.3) is 11.5 Å². The van der Waals surface area contributed by atoms with E-state index in [-0.39, 0.29) is 40.6 Å². The molecule has 29 heavy (non-hydrogen) atoms. The molecule has 2 amide bonds. The minimum absolute atomic E-state index is 0.0976. The summed E-state index contributed by atoms with van der Waals surface area (Å²) in [7, 11) is 0. The van der Waals surface area contributed by atoms with E-state index in [1.54, 1.807) is 9.80 Å². The Morgan fingerprint density at radius 3 is 2.69 bits per heavy atom. The number of ether oxygens (including phenoxy) is 1. The average molecular weight is 401 g/mol. The minimum Gasteiger partial charge on any atom is -0.444 e. The first-order chi connectivity index (χ1) is 13.6. The van der Waals surface area contributed by atoms with Crippen LogP contribution in [0.1, 0.15) is 37.6 Å². The van der Waals surface area contributed by atoms with Crippen LogP contribution in [0.15, 0.2) is 21.9 Å². The molecule has 4 rings (SSSR count). The number of carbonyl (C=O) groups excluding carboxylic acids is 2. The van der Waals surface area contributed by atoms with E-state index in [9.17, 15) is 19.2 Å². The summed E-state index contributed by atoms with van der Waals surface area (Å²) in [6.45, 7) is 7.01. The third-order valence-electron chi connectivity index (χ3n) is 5.30. The second kappa shape index (κ2) is 6.71. The van der Waals surface area contributed by atoms with Crippen LogP contribution in [-0.4, -0.2) is 68.0 Å². The molecule has 2 atom stereocenters. The molecule has 0 bridgehead atoms. The number of aromatic amines is 2. The Balaban J connectivity index is 1.54. The van der Waals surface area contributed by atoms with Gasteiger partial charge in [0.05, 0.1) is 17.0 Å². The van der Waals surface area contributed by atoms with E-state index in [0.29, 0.717) is 19.6 Å². The lowest BCUT2D eigenvalue weighted by molar-refractivity contribution is 0.0269. The van der Waals surface area contributed by atoms with Gasteiger partial charge in [0.2, 0.25) is 0 Å². The van der Waals surface area contributed by atoms with Gasteiger partial charge in [0, 0.05) is 31.7 Å². The molecule has 0 radical (unpaired) electrons. The molecular formula is C19H23N5O5. The first-order valence-electron chi connectivity index (χ1n) is 9.53. The number of H-pyrrole nitrogens is 2. The highest BCUT2D eigenvalue weighted by molar-refractivity contribution is 5.97. The summed E-state index contributed by atoms with van der Waals surface area (Å²) in [6.07, 6.45) is 1.78. The van der Waals surface area contributed by atoms with Gasteiger partial charge in [0.15, 0.2) is 0 Å². The van der Waals surface area contributed by atoms with Crippen molar-refractivity contribution in [1.82, 2.24) is 24.8 Å². The van der Waals surface area contributed by atoms with Crippen LogP contribution in [-0.2, 0) is 4.74 Å². The van der Waals surface area contributed by atoms with Gasteiger partial charge in [-0.3, -0.25) is 19.6 Å². The van der Waals surface area contributed by atoms with E-state index in [2.05, 4.69) is 15.0 Å². The first kappa shape index (κ1) is 19.2. The van der Waals surface area contributed by atoms with Crippen LogP contribution in [0.25, 0.3) is 11.0 Å². The van der Waals surface area contributed by atoms with Crippen LogP contribution in [0, 0.1) is 5.92 Å². The summed E-state index contributed by atoms with van der Waals surface area (Å²) in [5, 5.41) is 0.146. The molecule has 10 heteroatoms. The number of hydrogen-bond acceptors (Lipinski definition) is 6. The van der Waals surface area contributed by atoms with Crippen LogP contribution in [0.5, 0.6) is 0 Å². The highest BCUT2D eigenvalue weighted by Crippen LogP contribution is 2.33. The monoisotopic (exact) mass is 401 g/mol. The summed E-state index contributed by atoms with van der Waals surface area (Å²) in [5.41, 5.74) is -1.42. The molecule has 2 aromatic heterocycles. The van der Waals surface area contributed by atoms with Crippen molar-refractivity contribution in [3.05, 3.63) is 38.7 Å². The van der Waals surface area contributed by atoms with Crippen molar-refractivity contribution >= 4 is 23.0 Å². The fourth-order valence-corrected chi connectivity index (χ4v) is 4.02. The number of rotatable bonds is 1. The molecule has 154 valence electrons. The number of hydrogen-bond donors (Lipinski definition) is 2. The lowest BCUT2D eigenvalue weighted by Gasteiger charge is -2.27. The Bertz CT molecular complexity index is 1100. The maximum absolute atomic E-state index is 13.1. The van der Waals surface area contributed by atoms with Gasteiger partial charge in [0.1, 0.15) is 11.2 Å².